The summed E-state index contributed by atoms with van der Waals surface area (Å²) in [5.41, 5.74) is 0.687. The summed E-state index contributed by atoms with van der Waals surface area (Å²) in [6.07, 6.45) is 0. The number of aromatic nitrogens is 2. The number of hydrogen-bond acceptors (Lipinski definition) is 7. The molecule has 0 saturated carbocycles. The average Bonchev–Trinajstić information content (AvgIpc) is 3.27. The van der Waals surface area contributed by atoms with Crippen molar-refractivity contribution in [2.24, 2.45) is 0 Å². The predicted molar refractivity (Wildman–Crippen MR) is 109 cm³/mol. The minimum atomic E-state index is -0.533. The number of nitrogens with one attached hydrogen (secondary N) is 2. The molecule has 156 valence electrons. The van der Waals surface area contributed by atoms with Gasteiger partial charge in [0.25, 0.3) is 5.91 Å². The first-order chi connectivity index (χ1) is 14.5. The molecule has 0 aliphatic carbocycles. The molecule has 3 aromatic rings. The molecule has 0 atom stereocenters. The van der Waals surface area contributed by atoms with E-state index in [4.69, 9.17) is 25.6 Å². The molecule has 0 saturated heterocycles. The Kier molecular flexibility index (Phi) is 7.23. The largest absolute Gasteiger partial charge is 0.497 e. The number of nitrogens with zero attached hydrogens (tertiary/aromatic N) is 2. The van der Waals surface area contributed by atoms with Crippen LogP contribution < -0.4 is 20.1 Å². The summed E-state index contributed by atoms with van der Waals surface area (Å²) in [6.45, 7) is 0.254. The summed E-state index contributed by atoms with van der Waals surface area (Å²) >= 11 is 5.78. The summed E-state index contributed by atoms with van der Waals surface area (Å²) in [4.78, 5) is 27.9. The summed E-state index contributed by atoms with van der Waals surface area (Å²) < 4.78 is 15.4. The van der Waals surface area contributed by atoms with Crippen LogP contribution in [0.25, 0.3) is 11.4 Å². The number of methoxy groups -OCH3 is 1. The Labute approximate surface area is 177 Å². The third-order valence-corrected chi connectivity index (χ3v) is 4.14. The Morgan fingerprint density at radius 1 is 1.00 bits per heavy atom. The zero-order chi connectivity index (χ0) is 21.3. The molecule has 3 rings (SSSR count). The molecule has 0 radical (unpaired) electrons. The van der Waals surface area contributed by atoms with E-state index in [9.17, 15) is 9.59 Å². The zero-order valence-electron chi connectivity index (χ0n) is 16.1. The molecular formula is C20H19ClN4O5. The molecule has 9 nitrogen and oxygen atoms in total. The summed E-state index contributed by atoms with van der Waals surface area (Å²) in [6, 6.07) is 13.7. The number of hydrogen-bond donors (Lipinski definition) is 2. The van der Waals surface area contributed by atoms with E-state index in [2.05, 4.69) is 20.8 Å². The Hall–Kier alpha value is -3.59. The highest BCUT2D eigenvalue weighted by Gasteiger charge is 2.15. The van der Waals surface area contributed by atoms with Crippen LogP contribution in [0.15, 0.2) is 53.1 Å². The van der Waals surface area contributed by atoms with Crippen molar-refractivity contribution in [2.45, 2.75) is 0 Å². The van der Waals surface area contributed by atoms with E-state index >= 15 is 0 Å². The van der Waals surface area contributed by atoms with Gasteiger partial charge < -0.3 is 24.6 Å². The van der Waals surface area contributed by atoms with Gasteiger partial charge in [0, 0.05) is 23.7 Å². The van der Waals surface area contributed by atoms with Crippen molar-refractivity contribution in [2.75, 3.05) is 26.8 Å². The summed E-state index contributed by atoms with van der Waals surface area (Å²) in [5, 5.41) is 9.60. The van der Waals surface area contributed by atoms with Crippen LogP contribution in [0.3, 0.4) is 0 Å². The van der Waals surface area contributed by atoms with E-state index in [1.165, 1.54) is 0 Å². The molecule has 2 amide bonds. The fourth-order valence-corrected chi connectivity index (χ4v) is 2.48. The number of carbonyl (C=O) groups is 2. The lowest BCUT2D eigenvalue weighted by atomic mass is 10.2. The number of halogens is 1. The van der Waals surface area contributed by atoms with Crippen molar-refractivity contribution in [3.05, 3.63) is 59.4 Å². The van der Waals surface area contributed by atoms with Gasteiger partial charge in [0.2, 0.25) is 5.82 Å². The third-order valence-electron chi connectivity index (χ3n) is 3.88. The number of ether oxygens (including phenoxy) is 2. The van der Waals surface area contributed by atoms with Gasteiger partial charge in [0.15, 0.2) is 6.61 Å². The second-order valence-electron chi connectivity index (χ2n) is 6.00. The first-order valence-electron chi connectivity index (χ1n) is 8.96. The average molecular weight is 431 g/mol. The van der Waals surface area contributed by atoms with Crippen LogP contribution >= 0.6 is 11.6 Å². The van der Waals surface area contributed by atoms with Crippen molar-refractivity contribution in [3.63, 3.8) is 0 Å². The van der Waals surface area contributed by atoms with E-state index in [1.807, 2.05) is 0 Å². The van der Waals surface area contributed by atoms with Crippen molar-refractivity contribution in [1.82, 2.24) is 20.8 Å². The highest BCUT2D eigenvalue weighted by molar-refractivity contribution is 6.30. The Morgan fingerprint density at radius 2 is 1.67 bits per heavy atom. The van der Waals surface area contributed by atoms with E-state index in [1.54, 1.807) is 55.6 Å². The maximum absolute atomic E-state index is 12.1. The second kappa shape index (κ2) is 10.3. The maximum Gasteiger partial charge on any atom is 0.316 e. The summed E-state index contributed by atoms with van der Waals surface area (Å²) in [7, 11) is 1.57. The molecule has 0 aliphatic heterocycles. The first-order valence-corrected chi connectivity index (χ1v) is 9.34. The molecule has 0 aliphatic rings. The van der Waals surface area contributed by atoms with Crippen molar-refractivity contribution in [3.8, 4) is 22.9 Å². The van der Waals surface area contributed by atoms with E-state index in [0.29, 0.717) is 22.1 Å². The molecule has 1 aromatic heterocycles. The number of benzene rings is 2. The third kappa shape index (κ3) is 5.95. The number of rotatable bonds is 9. The molecule has 0 fully saturated rings. The highest BCUT2D eigenvalue weighted by atomic mass is 35.5. The SMILES string of the molecule is COc1ccc(-c2noc(C(=O)NCCNC(=O)COc3ccc(Cl)cc3)n2)cc1. The monoisotopic (exact) mass is 430 g/mol. The quantitative estimate of drug-likeness (QED) is 0.500. The Balaban J connectivity index is 1.38. The minimum Gasteiger partial charge on any atom is -0.497 e. The van der Waals surface area contributed by atoms with Crippen molar-refractivity contribution in [1.29, 1.82) is 0 Å². The molecule has 2 aromatic carbocycles. The standard InChI is InChI=1S/C20H19ClN4O5/c1-28-15-6-2-13(3-7-15)18-24-20(30-25-18)19(27)23-11-10-22-17(26)12-29-16-8-4-14(21)5-9-16/h2-9H,10-12H2,1H3,(H,22,26)(H,23,27). The topological polar surface area (TPSA) is 116 Å². The molecule has 0 unspecified atom stereocenters. The molecular weight excluding hydrogens is 412 g/mol. The molecule has 0 spiro atoms. The predicted octanol–water partition coefficient (Wildman–Crippen LogP) is 2.32. The van der Waals surface area contributed by atoms with Gasteiger partial charge >= 0.3 is 11.8 Å². The van der Waals surface area contributed by atoms with Gasteiger partial charge in [0.05, 0.1) is 7.11 Å². The fraction of sp³-hybridized carbons (Fsp3) is 0.200. The van der Waals surface area contributed by atoms with Gasteiger partial charge in [-0.2, -0.15) is 4.98 Å². The number of amides is 2. The zero-order valence-corrected chi connectivity index (χ0v) is 16.8. The normalized spacial score (nSPS) is 10.3. The Bertz CT molecular complexity index is 989. The molecule has 1 heterocycles. The molecule has 2 N–H and O–H groups in total. The smallest absolute Gasteiger partial charge is 0.316 e. The minimum absolute atomic E-state index is 0.148. The van der Waals surface area contributed by atoms with Crippen LogP contribution in [0.5, 0.6) is 11.5 Å². The van der Waals surface area contributed by atoms with E-state index < -0.39 is 5.91 Å². The van der Waals surface area contributed by atoms with Crippen LogP contribution in [0, 0.1) is 0 Å². The van der Waals surface area contributed by atoms with Crippen LogP contribution in [0.4, 0.5) is 0 Å². The molecule has 0 bridgehead atoms. The lowest BCUT2D eigenvalue weighted by Crippen LogP contribution is -2.36. The van der Waals surface area contributed by atoms with Crippen LogP contribution in [0.2, 0.25) is 5.02 Å². The second-order valence-corrected chi connectivity index (χ2v) is 6.44. The Morgan fingerprint density at radius 3 is 2.37 bits per heavy atom. The van der Waals surface area contributed by atoms with Gasteiger partial charge in [-0.1, -0.05) is 16.8 Å². The van der Waals surface area contributed by atoms with Gasteiger partial charge in [-0.3, -0.25) is 9.59 Å². The molecule has 10 heteroatoms. The van der Waals surface area contributed by atoms with Gasteiger partial charge in [-0.25, -0.2) is 0 Å². The lowest BCUT2D eigenvalue weighted by Gasteiger charge is -2.07. The lowest BCUT2D eigenvalue weighted by molar-refractivity contribution is -0.123. The van der Waals surface area contributed by atoms with Gasteiger partial charge in [-0.05, 0) is 48.5 Å². The van der Waals surface area contributed by atoms with E-state index in [0.717, 1.165) is 0 Å². The van der Waals surface area contributed by atoms with Crippen molar-refractivity contribution < 1.29 is 23.6 Å². The van der Waals surface area contributed by atoms with E-state index in [-0.39, 0.29) is 37.3 Å². The van der Waals surface area contributed by atoms with Gasteiger partial charge in [0.1, 0.15) is 11.5 Å². The van der Waals surface area contributed by atoms with Crippen LogP contribution in [-0.2, 0) is 4.79 Å². The first kappa shape index (κ1) is 21.1. The fourth-order valence-electron chi connectivity index (χ4n) is 2.36. The van der Waals surface area contributed by atoms with Gasteiger partial charge in [-0.15, -0.1) is 0 Å². The van der Waals surface area contributed by atoms with Crippen LogP contribution in [0.1, 0.15) is 10.7 Å². The van der Waals surface area contributed by atoms with Crippen LogP contribution in [-0.4, -0.2) is 48.8 Å². The summed E-state index contributed by atoms with van der Waals surface area (Å²) in [5.74, 6) is 0.495. The molecule has 30 heavy (non-hydrogen) atoms. The maximum atomic E-state index is 12.1. The number of carbonyl (C=O) groups excluding carboxylic acids is 2. The van der Waals surface area contributed by atoms with Crippen molar-refractivity contribution >= 4 is 23.4 Å². The highest BCUT2D eigenvalue weighted by Crippen LogP contribution is 2.19.